The van der Waals surface area contributed by atoms with Crippen LogP contribution in [0.3, 0.4) is 0 Å². The Morgan fingerprint density at radius 1 is 0.842 bits per heavy atom. The summed E-state index contributed by atoms with van der Waals surface area (Å²) < 4.78 is 0. The van der Waals surface area contributed by atoms with Gasteiger partial charge in [-0.1, -0.05) is 60.7 Å². The van der Waals surface area contributed by atoms with Gasteiger partial charge in [0.05, 0.1) is 6.42 Å². The van der Waals surface area contributed by atoms with Crippen molar-refractivity contribution in [3.8, 4) is 0 Å². The number of hydrogen-bond donors (Lipinski definition) is 0. The van der Waals surface area contributed by atoms with Crippen molar-refractivity contribution in [3.05, 3.63) is 78.2 Å². The maximum Gasteiger partial charge on any atom is 0.141 e. The van der Waals surface area contributed by atoms with Crippen molar-refractivity contribution < 1.29 is 4.79 Å². The van der Waals surface area contributed by atoms with E-state index >= 15 is 0 Å². The van der Waals surface area contributed by atoms with Crippen molar-refractivity contribution in [2.24, 2.45) is 0 Å². The summed E-state index contributed by atoms with van der Waals surface area (Å²) >= 11 is 0. The van der Waals surface area contributed by atoms with Gasteiger partial charge in [-0.2, -0.15) is 0 Å². The summed E-state index contributed by atoms with van der Waals surface area (Å²) in [7, 11) is 0. The van der Waals surface area contributed by atoms with Gasteiger partial charge in [0.2, 0.25) is 0 Å². The fourth-order valence-corrected chi connectivity index (χ4v) is 2.08. The Labute approximate surface area is 115 Å². The number of carbonyl (C=O) groups excluding carboxylic acids is 1. The van der Waals surface area contributed by atoms with Crippen molar-refractivity contribution in [2.45, 2.75) is 25.7 Å². The number of hydrogen-bond acceptors (Lipinski definition) is 1. The Kier molecular flexibility index (Phi) is 5.36. The van der Waals surface area contributed by atoms with Gasteiger partial charge in [-0.15, -0.1) is 0 Å². The van der Waals surface area contributed by atoms with Gasteiger partial charge in [0.25, 0.3) is 0 Å². The molecule has 0 fully saturated rings. The lowest BCUT2D eigenvalue weighted by Crippen LogP contribution is -2.00. The molecule has 0 aromatic heterocycles. The Bertz CT molecular complexity index is 488. The molecule has 2 aromatic rings. The molecule has 1 nitrogen and oxygen atoms in total. The Balaban J connectivity index is 1.65. The highest BCUT2D eigenvalue weighted by molar-refractivity contribution is 5.90. The van der Waals surface area contributed by atoms with Crippen molar-refractivity contribution in [1.82, 2.24) is 0 Å². The van der Waals surface area contributed by atoms with Crippen LogP contribution < -0.4 is 0 Å². The van der Waals surface area contributed by atoms with Crippen LogP contribution >= 0.6 is 0 Å². The van der Waals surface area contributed by atoms with Gasteiger partial charge in [-0.3, -0.25) is 4.79 Å². The summed E-state index contributed by atoms with van der Waals surface area (Å²) in [6.07, 6.45) is 5.46. The summed E-state index contributed by atoms with van der Waals surface area (Å²) in [6, 6.07) is 20.2. The van der Waals surface area contributed by atoms with Crippen LogP contribution in [-0.2, 0) is 11.2 Å². The third kappa shape index (κ3) is 5.09. The van der Waals surface area contributed by atoms with Gasteiger partial charge >= 0.3 is 0 Å². The molecule has 0 aliphatic heterocycles. The number of Topliss-reactive ketones (excluding diaryl/α,β-unsaturated/α-hetero) is 1. The molecule has 0 aliphatic carbocycles. The second-order valence-electron chi connectivity index (χ2n) is 4.71. The van der Waals surface area contributed by atoms with Crippen LogP contribution in [0, 0.1) is 6.42 Å². The highest BCUT2D eigenvalue weighted by atomic mass is 16.1. The fraction of sp³-hybridized carbons (Fsp3) is 0.222. The first kappa shape index (κ1) is 13.5. The van der Waals surface area contributed by atoms with Crippen LogP contribution in [0.15, 0.2) is 60.7 Å². The molecule has 0 saturated carbocycles. The third-order valence-corrected chi connectivity index (χ3v) is 3.11. The van der Waals surface area contributed by atoms with Crippen molar-refractivity contribution in [2.75, 3.05) is 0 Å². The molecule has 1 radical (unpaired) electrons. The van der Waals surface area contributed by atoms with Gasteiger partial charge in [-0.05, 0) is 30.4 Å². The minimum atomic E-state index is 0.222. The molecule has 0 bridgehead atoms. The fourth-order valence-electron chi connectivity index (χ4n) is 2.08. The second kappa shape index (κ2) is 7.52. The van der Waals surface area contributed by atoms with Crippen molar-refractivity contribution >= 4 is 5.78 Å². The topological polar surface area (TPSA) is 17.1 Å². The van der Waals surface area contributed by atoms with Crippen molar-refractivity contribution in [1.29, 1.82) is 0 Å². The van der Waals surface area contributed by atoms with E-state index in [1.165, 1.54) is 5.56 Å². The van der Waals surface area contributed by atoms with Gasteiger partial charge in [0.1, 0.15) is 5.78 Å². The number of unbranched alkanes of at least 4 members (excludes halogenated alkanes) is 1. The van der Waals surface area contributed by atoms with Gasteiger partial charge in [-0.25, -0.2) is 0 Å². The Morgan fingerprint density at radius 2 is 1.47 bits per heavy atom. The molecule has 1 heteroatoms. The average molecular weight is 251 g/mol. The lowest BCUT2D eigenvalue weighted by atomic mass is 10.0. The lowest BCUT2D eigenvalue weighted by Gasteiger charge is -2.02. The zero-order chi connectivity index (χ0) is 13.3. The predicted molar refractivity (Wildman–Crippen MR) is 78.8 cm³/mol. The maximum absolute atomic E-state index is 11.8. The summed E-state index contributed by atoms with van der Waals surface area (Å²) in [5, 5.41) is 0. The molecule has 97 valence electrons. The molecule has 19 heavy (non-hydrogen) atoms. The minimum absolute atomic E-state index is 0.222. The Morgan fingerprint density at radius 3 is 2.16 bits per heavy atom. The lowest BCUT2D eigenvalue weighted by molar-refractivity contribution is -0.115. The number of rotatable bonds is 7. The number of ketones is 1. The zero-order valence-electron chi connectivity index (χ0n) is 11.1. The van der Waals surface area contributed by atoms with E-state index in [1.807, 2.05) is 36.4 Å². The number of benzene rings is 2. The van der Waals surface area contributed by atoms with E-state index in [1.54, 1.807) is 6.42 Å². The zero-order valence-corrected chi connectivity index (χ0v) is 11.1. The monoisotopic (exact) mass is 251 g/mol. The summed E-state index contributed by atoms with van der Waals surface area (Å²) in [5.41, 5.74) is 2.34. The molecule has 0 aliphatic rings. The number of carbonyl (C=O) groups is 1. The normalized spacial score (nSPS) is 10.3. The van der Waals surface area contributed by atoms with Gasteiger partial charge < -0.3 is 0 Å². The summed E-state index contributed by atoms with van der Waals surface area (Å²) in [5.74, 6) is 0.222. The van der Waals surface area contributed by atoms with E-state index in [9.17, 15) is 4.79 Å². The van der Waals surface area contributed by atoms with Crippen LogP contribution in [0.1, 0.15) is 30.4 Å². The standard InChI is InChI=1S/C18H19O/c19-18(15-17-12-5-2-6-13-17)14-8-7-11-16-9-3-1-4-10-16/h1-6,9-10,12-13,15H,7-8,11,14H2. The first-order chi connectivity index (χ1) is 9.34. The molecule has 0 atom stereocenters. The largest absolute Gasteiger partial charge is 0.299 e. The minimum Gasteiger partial charge on any atom is -0.299 e. The van der Waals surface area contributed by atoms with Crippen LogP contribution in [0.2, 0.25) is 0 Å². The van der Waals surface area contributed by atoms with E-state index in [0.717, 1.165) is 24.8 Å². The van der Waals surface area contributed by atoms with Gasteiger partial charge in [0, 0.05) is 6.42 Å². The van der Waals surface area contributed by atoms with Crippen LogP contribution in [0.5, 0.6) is 0 Å². The second-order valence-corrected chi connectivity index (χ2v) is 4.71. The number of aryl methyl sites for hydroxylation is 1. The van der Waals surface area contributed by atoms with E-state index in [4.69, 9.17) is 0 Å². The smallest absolute Gasteiger partial charge is 0.141 e. The maximum atomic E-state index is 11.8. The van der Waals surface area contributed by atoms with Crippen LogP contribution in [-0.4, -0.2) is 5.78 Å². The van der Waals surface area contributed by atoms with E-state index in [2.05, 4.69) is 24.3 Å². The molecule has 0 spiro atoms. The van der Waals surface area contributed by atoms with Gasteiger partial charge in [0.15, 0.2) is 0 Å². The SMILES string of the molecule is O=C([CH]c1ccccc1)CCCCc1ccccc1. The molecule has 0 saturated heterocycles. The first-order valence-corrected chi connectivity index (χ1v) is 6.81. The van der Waals surface area contributed by atoms with E-state index in [0.29, 0.717) is 6.42 Å². The highest BCUT2D eigenvalue weighted by Gasteiger charge is 2.03. The first-order valence-electron chi connectivity index (χ1n) is 6.81. The van der Waals surface area contributed by atoms with Crippen LogP contribution in [0.4, 0.5) is 0 Å². The van der Waals surface area contributed by atoms with E-state index in [-0.39, 0.29) is 5.78 Å². The molecule has 2 rings (SSSR count). The van der Waals surface area contributed by atoms with Crippen LogP contribution in [0.25, 0.3) is 0 Å². The highest BCUT2D eigenvalue weighted by Crippen LogP contribution is 2.09. The van der Waals surface area contributed by atoms with Crippen molar-refractivity contribution in [3.63, 3.8) is 0 Å². The molecule has 0 N–H and O–H groups in total. The molecule has 0 heterocycles. The summed E-state index contributed by atoms with van der Waals surface area (Å²) in [6.45, 7) is 0. The molecule has 0 amide bonds. The predicted octanol–water partition coefficient (Wildman–Crippen LogP) is 4.22. The molecule has 2 aromatic carbocycles. The van der Waals surface area contributed by atoms with E-state index < -0.39 is 0 Å². The molecular formula is C18H19O. The quantitative estimate of drug-likeness (QED) is 0.673. The summed E-state index contributed by atoms with van der Waals surface area (Å²) in [4.78, 5) is 11.8. The third-order valence-electron chi connectivity index (χ3n) is 3.11. The Hall–Kier alpha value is -1.89. The molecule has 0 unspecified atom stereocenters. The molecular weight excluding hydrogens is 232 g/mol. The average Bonchev–Trinajstić information content (AvgIpc) is 2.46.